The Morgan fingerprint density at radius 3 is 2.37 bits per heavy atom. The Labute approximate surface area is 111 Å². The molecule has 0 bridgehead atoms. The van der Waals surface area contributed by atoms with Crippen molar-refractivity contribution in [3.8, 4) is 0 Å². The highest BCUT2D eigenvalue weighted by atomic mass is 16.3. The van der Waals surface area contributed by atoms with E-state index in [1.54, 1.807) is 0 Å². The summed E-state index contributed by atoms with van der Waals surface area (Å²) in [5.74, 6) is 0. The standard InChI is InChI=1S/C16H16N2O/c17-11-3-5-13-14-6-4-12(18-7-1-2-8-18)10-16(14)19-15(13)9-11/h3-6,9-10H,1-2,7-8,17H2. The van der Waals surface area contributed by atoms with E-state index in [1.807, 2.05) is 18.2 Å². The molecule has 3 nitrogen and oxygen atoms in total. The fourth-order valence-electron chi connectivity index (χ4n) is 2.95. The van der Waals surface area contributed by atoms with Crippen LogP contribution in [0.4, 0.5) is 11.4 Å². The number of nitrogens with zero attached hydrogens (tertiary/aromatic N) is 1. The van der Waals surface area contributed by atoms with Gasteiger partial charge in [0.15, 0.2) is 0 Å². The van der Waals surface area contributed by atoms with Gasteiger partial charge in [0, 0.05) is 47.4 Å². The molecule has 0 amide bonds. The van der Waals surface area contributed by atoms with E-state index in [0.29, 0.717) is 0 Å². The number of benzene rings is 2. The summed E-state index contributed by atoms with van der Waals surface area (Å²) in [4.78, 5) is 2.42. The van der Waals surface area contributed by atoms with Crippen LogP contribution in [0.25, 0.3) is 21.9 Å². The Morgan fingerprint density at radius 2 is 1.58 bits per heavy atom. The molecule has 2 aromatic carbocycles. The molecule has 0 saturated carbocycles. The summed E-state index contributed by atoms with van der Waals surface area (Å²) >= 11 is 0. The Hall–Kier alpha value is -2.16. The monoisotopic (exact) mass is 252 g/mol. The highest BCUT2D eigenvalue weighted by Gasteiger charge is 2.14. The minimum atomic E-state index is 0.742. The molecule has 0 atom stereocenters. The minimum absolute atomic E-state index is 0.742. The fourth-order valence-corrected chi connectivity index (χ4v) is 2.95. The molecule has 1 aliphatic rings. The average Bonchev–Trinajstić information content (AvgIpc) is 3.04. The number of nitrogens with two attached hydrogens (primary N) is 1. The first-order valence-electron chi connectivity index (χ1n) is 6.78. The Bertz CT molecular complexity index is 754. The van der Waals surface area contributed by atoms with Crippen LogP contribution in [0.5, 0.6) is 0 Å². The quantitative estimate of drug-likeness (QED) is 0.670. The van der Waals surface area contributed by atoms with Crippen LogP contribution in [0.2, 0.25) is 0 Å². The Balaban J connectivity index is 1.91. The predicted octanol–water partition coefficient (Wildman–Crippen LogP) is 3.77. The molecule has 1 aliphatic heterocycles. The van der Waals surface area contributed by atoms with Gasteiger partial charge in [-0.15, -0.1) is 0 Å². The number of furan rings is 1. The summed E-state index contributed by atoms with van der Waals surface area (Å²) in [5, 5.41) is 2.30. The van der Waals surface area contributed by atoms with Crippen LogP contribution in [0.1, 0.15) is 12.8 Å². The van der Waals surface area contributed by atoms with Gasteiger partial charge in [0.05, 0.1) is 0 Å². The molecule has 0 radical (unpaired) electrons. The highest BCUT2D eigenvalue weighted by Crippen LogP contribution is 2.33. The first-order valence-corrected chi connectivity index (χ1v) is 6.78. The van der Waals surface area contributed by atoms with E-state index in [2.05, 4.69) is 23.1 Å². The van der Waals surface area contributed by atoms with E-state index in [9.17, 15) is 0 Å². The van der Waals surface area contributed by atoms with Crippen molar-refractivity contribution in [1.82, 2.24) is 0 Å². The van der Waals surface area contributed by atoms with Gasteiger partial charge in [0.25, 0.3) is 0 Å². The largest absolute Gasteiger partial charge is 0.456 e. The van der Waals surface area contributed by atoms with Gasteiger partial charge in [0.2, 0.25) is 0 Å². The number of hydrogen-bond donors (Lipinski definition) is 1. The lowest BCUT2D eigenvalue weighted by molar-refractivity contribution is 0.669. The van der Waals surface area contributed by atoms with Crippen molar-refractivity contribution in [2.75, 3.05) is 23.7 Å². The lowest BCUT2D eigenvalue weighted by Gasteiger charge is -2.16. The topological polar surface area (TPSA) is 42.4 Å². The maximum Gasteiger partial charge on any atom is 0.137 e. The second-order valence-electron chi connectivity index (χ2n) is 5.23. The van der Waals surface area contributed by atoms with Crippen LogP contribution in [0, 0.1) is 0 Å². The van der Waals surface area contributed by atoms with Crippen molar-refractivity contribution in [3.05, 3.63) is 36.4 Å². The minimum Gasteiger partial charge on any atom is -0.456 e. The molecular weight excluding hydrogens is 236 g/mol. The molecule has 96 valence electrons. The maximum atomic E-state index is 5.93. The summed E-state index contributed by atoms with van der Waals surface area (Å²) in [6, 6.07) is 12.4. The van der Waals surface area contributed by atoms with Crippen molar-refractivity contribution in [2.45, 2.75) is 12.8 Å². The zero-order valence-corrected chi connectivity index (χ0v) is 10.7. The first kappa shape index (κ1) is 10.7. The van der Waals surface area contributed by atoms with Crippen molar-refractivity contribution in [2.24, 2.45) is 0 Å². The van der Waals surface area contributed by atoms with Gasteiger partial charge in [-0.2, -0.15) is 0 Å². The zero-order valence-electron chi connectivity index (χ0n) is 10.7. The van der Waals surface area contributed by atoms with E-state index >= 15 is 0 Å². The summed E-state index contributed by atoms with van der Waals surface area (Å²) in [5.41, 5.74) is 9.63. The molecule has 4 rings (SSSR count). The normalized spacial score (nSPS) is 15.7. The van der Waals surface area contributed by atoms with Crippen LogP contribution < -0.4 is 10.6 Å². The summed E-state index contributed by atoms with van der Waals surface area (Å²) in [6.45, 7) is 2.30. The fraction of sp³-hybridized carbons (Fsp3) is 0.250. The molecule has 3 heteroatoms. The van der Waals surface area contributed by atoms with Gasteiger partial charge >= 0.3 is 0 Å². The van der Waals surface area contributed by atoms with Gasteiger partial charge in [-0.05, 0) is 37.1 Å². The molecule has 2 heterocycles. The lowest BCUT2D eigenvalue weighted by Crippen LogP contribution is -2.17. The van der Waals surface area contributed by atoms with Crippen LogP contribution in [0.15, 0.2) is 40.8 Å². The molecular formula is C16H16N2O. The van der Waals surface area contributed by atoms with Gasteiger partial charge in [-0.25, -0.2) is 0 Å². The first-order chi connectivity index (χ1) is 9.31. The lowest BCUT2D eigenvalue weighted by atomic mass is 10.1. The summed E-state index contributed by atoms with van der Waals surface area (Å²) < 4.78 is 5.93. The molecule has 0 unspecified atom stereocenters. The van der Waals surface area contributed by atoms with Crippen LogP contribution in [0.3, 0.4) is 0 Å². The van der Waals surface area contributed by atoms with Gasteiger partial charge in [-0.3, -0.25) is 0 Å². The van der Waals surface area contributed by atoms with Gasteiger partial charge in [0.1, 0.15) is 11.2 Å². The number of fused-ring (bicyclic) bond motifs is 3. The van der Waals surface area contributed by atoms with Crippen LogP contribution in [-0.4, -0.2) is 13.1 Å². The van der Waals surface area contributed by atoms with Gasteiger partial charge in [-0.1, -0.05) is 0 Å². The Morgan fingerprint density at radius 1 is 0.895 bits per heavy atom. The molecule has 19 heavy (non-hydrogen) atoms. The van der Waals surface area contributed by atoms with Crippen LogP contribution >= 0.6 is 0 Å². The average molecular weight is 252 g/mol. The van der Waals surface area contributed by atoms with E-state index in [1.165, 1.54) is 18.5 Å². The summed E-state index contributed by atoms with van der Waals surface area (Å²) in [6.07, 6.45) is 2.57. The van der Waals surface area contributed by atoms with Crippen molar-refractivity contribution in [1.29, 1.82) is 0 Å². The van der Waals surface area contributed by atoms with Crippen molar-refractivity contribution < 1.29 is 4.42 Å². The van der Waals surface area contributed by atoms with E-state index in [0.717, 1.165) is 40.7 Å². The SMILES string of the molecule is Nc1ccc2c(c1)oc1cc(N3CCCC3)ccc12. The zero-order chi connectivity index (χ0) is 12.8. The molecule has 3 aromatic rings. The second kappa shape index (κ2) is 3.92. The number of nitrogen functional groups attached to an aromatic ring is 1. The van der Waals surface area contributed by atoms with Crippen LogP contribution in [-0.2, 0) is 0 Å². The smallest absolute Gasteiger partial charge is 0.137 e. The third kappa shape index (κ3) is 1.65. The number of anilines is 2. The number of rotatable bonds is 1. The third-order valence-electron chi connectivity index (χ3n) is 3.95. The molecule has 2 N–H and O–H groups in total. The molecule has 1 aromatic heterocycles. The molecule has 1 fully saturated rings. The van der Waals surface area contributed by atoms with E-state index in [-0.39, 0.29) is 0 Å². The van der Waals surface area contributed by atoms with Crippen molar-refractivity contribution >= 4 is 33.3 Å². The predicted molar refractivity (Wildman–Crippen MR) is 79.6 cm³/mol. The molecule has 0 spiro atoms. The highest BCUT2D eigenvalue weighted by molar-refractivity contribution is 6.06. The third-order valence-corrected chi connectivity index (χ3v) is 3.95. The van der Waals surface area contributed by atoms with E-state index in [4.69, 9.17) is 10.2 Å². The number of hydrogen-bond acceptors (Lipinski definition) is 3. The summed E-state index contributed by atoms with van der Waals surface area (Å²) in [7, 11) is 0. The maximum absolute atomic E-state index is 5.93. The van der Waals surface area contributed by atoms with Crippen molar-refractivity contribution in [3.63, 3.8) is 0 Å². The second-order valence-corrected chi connectivity index (χ2v) is 5.23. The Kier molecular flexibility index (Phi) is 2.21. The molecule has 0 aliphatic carbocycles. The van der Waals surface area contributed by atoms with Gasteiger partial charge < -0.3 is 15.1 Å². The molecule has 1 saturated heterocycles. The van der Waals surface area contributed by atoms with E-state index < -0.39 is 0 Å².